The molecule has 0 bridgehead atoms. The Morgan fingerprint density at radius 2 is 1.89 bits per heavy atom. The van der Waals surface area contributed by atoms with Crippen LogP contribution < -0.4 is 20.1 Å². The van der Waals surface area contributed by atoms with E-state index in [1.165, 1.54) is 0 Å². The number of rotatable bonds is 10. The third kappa shape index (κ3) is 9.43. The van der Waals surface area contributed by atoms with Crippen molar-refractivity contribution in [2.75, 3.05) is 45.8 Å². The summed E-state index contributed by atoms with van der Waals surface area (Å²) < 4.78 is 16.3. The standard InChI is InChI=1S/C19H26N4O3.HI/c1-20-19(22-10-13-26-18-8-4-9-21-15-18)23-16-6-3-7-17(14-16)25-12-5-11-24-2;/h3-4,6-9,14-15H,5,10-13H2,1-2H3,(H2,20,22,23);1H. The minimum Gasteiger partial charge on any atom is -0.493 e. The predicted molar refractivity (Wildman–Crippen MR) is 119 cm³/mol. The Bertz CT molecular complexity index is 671. The van der Waals surface area contributed by atoms with Gasteiger partial charge in [0.1, 0.15) is 18.1 Å². The lowest BCUT2D eigenvalue weighted by molar-refractivity contribution is 0.172. The summed E-state index contributed by atoms with van der Waals surface area (Å²) in [7, 11) is 3.41. The topological polar surface area (TPSA) is 77.0 Å². The number of anilines is 1. The maximum Gasteiger partial charge on any atom is 0.195 e. The van der Waals surface area contributed by atoms with Crippen molar-refractivity contribution < 1.29 is 14.2 Å². The molecule has 0 atom stereocenters. The molecule has 0 radical (unpaired) electrons. The van der Waals surface area contributed by atoms with Gasteiger partial charge in [-0.1, -0.05) is 6.07 Å². The molecule has 7 nitrogen and oxygen atoms in total. The van der Waals surface area contributed by atoms with E-state index in [9.17, 15) is 0 Å². The van der Waals surface area contributed by atoms with E-state index in [1.54, 1.807) is 26.6 Å². The fourth-order valence-corrected chi connectivity index (χ4v) is 2.14. The summed E-state index contributed by atoms with van der Waals surface area (Å²) in [4.78, 5) is 8.22. The maximum atomic E-state index is 5.71. The Morgan fingerprint density at radius 1 is 1.07 bits per heavy atom. The highest BCUT2D eigenvalue weighted by Crippen LogP contribution is 2.17. The van der Waals surface area contributed by atoms with Gasteiger partial charge in [-0.2, -0.15) is 0 Å². The Hall–Kier alpha value is -2.07. The third-order valence-corrected chi connectivity index (χ3v) is 3.38. The van der Waals surface area contributed by atoms with Gasteiger partial charge in [-0.05, 0) is 24.3 Å². The molecule has 2 N–H and O–H groups in total. The monoisotopic (exact) mass is 486 g/mol. The first kappa shape index (κ1) is 23.0. The smallest absolute Gasteiger partial charge is 0.195 e. The van der Waals surface area contributed by atoms with Crippen LogP contribution in [0.15, 0.2) is 53.8 Å². The summed E-state index contributed by atoms with van der Waals surface area (Å²) in [5, 5.41) is 6.44. The molecule has 27 heavy (non-hydrogen) atoms. The second-order valence-corrected chi connectivity index (χ2v) is 5.38. The lowest BCUT2D eigenvalue weighted by Gasteiger charge is -2.13. The zero-order valence-corrected chi connectivity index (χ0v) is 18.0. The number of halogens is 1. The van der Waals surface area contributed by atoms with E-state index in [0.717, 1.165) is 23.6 Å². The summed E-state index contributed by atoms with van der Waals surface area (Å²) in [5.74, 6) is 2.22. The fraction of sp³-hybridized carbons (Fsp3) is 0.368. The molecule has 1 aromatic heterocycles. The number of methoxy groups -OCH3 is 1. The van der Waals surface area contributed by atoms with E-state index in [-0.39, 0.29) is 24.0 Å². The van der Waals surface area contributed by atoms with E-state index < -0.39 is 0 Å². The zero-order valence-electron chi connectivity index (χ0n) is 15.7. The molecule has 0 unspecified atom stereocenters. The van der Waals surface area contributed by atoms with Crippen LogP contribution in [0.5, 0.6) is 11.5 Å². The first-order valence-corrected chi connectivity index (χ1v) is 8.54. The van der Waals surface area contributed by atoms with Gasteiger partial charge in [-0.3, -0.25) is 9.98 Å². The molecule has 2 rings (SSSR count). The Morgan fingerprint density at radius 3 is 2.63 bits per heavy atom. The number of nitrogens with zero attached hydrogens (tertiary/aromatic N) is 2. The van der Waals surface area contributed by atoms with Crippen LogP contribution in [0.2, 0.25) is 0 Å². The minimum absolute atomic E-state index is 0. The van der Waals surface area contributed by atoms with Crippen LogP contribution in [0.25, 0.3) is 0 Å². The quantitative estimate of drug-likeness (QED) is 0.233. The van der Waals surface area contributed by atoms with Gasteiger partial charge < -0.3 is 24.8 Å². The lowest BCUT2D eigenvalue weighted by Crippen LogP contribution is -2.33. The summed E-state index contributed by atoms with van der Waals surface area (Å²) in [6.45, 7) is 2.43. The SMILES string of the molecule is CN=C(NCCOc1cccnc1)Nc1cccc(OCCCOC)c1.I. The Balaban J connectivity index is 0.00000364. The van der Waals surface area contributed by atoms with Crippen molar-refractivity contribution in [2.45, 2.75) is 6.42 Å². The summed E-state index contributed by atoms with van der Waals surface area (Å²) in [6.07, 6.45) is 4.26. The van der Waals surface area contributed by atoms with E-state index >= 15 is 0 Å². The van der Waals surface area contributed by atoms with E-state index in [4.69, 9.17) is 14.2 Å². The molecule has 0 fully saturated rings. The number of aromatic nitrogens is 1. The third-order valence-electron chi connectivity index (χ3n) is 3.38. The average Bonchev–Trinajstić information content (AvgIpc) is 2.69. The highest BCUT2D eigenvalue weighted by Gasteiger charge is 2.01. The summed E-state index contributed by atoms with van der Waals surface area (Å²) in [5.41, 5.74) is 0.899. The highest BCUT2D eigenvalue weighted by atomic mass is 127. The Kier molecular flexibility index (Phi) is 11.9. The van der Waals surface area contributed by atoms with Gasteiger partial charge in [0.25, 0.3) is 0 Å². The molecule has 0 spiro atoms. The summed E-state index contributed by atoms with van der Waals surface area (Å²) in [6, 6.07) is 11.5. The van der Waals surface area contributed by atoms with E-state index in [2.05, 4.69) is 20.6 Å². The van der Waals surface area contributed by atoms with E-state index in [0.29, 0.717) is 32.3 Å². The first-order chi connectivity index (χ1) is 12.8. The molecule has 0 saturated heterocycles. The van der Waals surface area contributed by atoms with Crippen LogP contribution in [-0.2, 0) is 4.74 Å². The molecule has 1 heterocycles. The summed E-state index contributed by atoms with van der Waals surface area (Å²) >= 11 is 0. The number of aliphatic imine (C=N–C) groups is 1. The molecule has 2 aromatic rings. The highest BCUT2D eigenvalue weighted by molar-refractivity contribution is 14.0. The van der Waals surface area contributed by atoms with Crippen molar-refractivity contribution in [1.82, 2.24) is 10.3 Å². The second kappa shape index (κ2) is 14.0. The molecule has 0 aliphatic heterocycles. The first-order valence-electron chi connectivity index (χ1n) is 8.54. The largest absolute Gasteiger partial charge is 0.493 e. The molecule has 1 aromatic carbocycles. The van der Waals surface area contributed by atoms with Crippen LogP contribution >= 0.6 is 24.0 Å². The van der Waals surface area contributed by atoms with Crippen molar-refractivity contribution in [3.63, 3.8) is 0 Å². The normalized spacial score (nSPS) is 10.7. The molecular formula is C19H27IN4O3. The van der Waals surface area contributed by atoms with Crippen LogP contribution in [-0.4, -0.2) is 51.5 Å². The van der Waals surface area contributed by atoms with E-state index in [1.807, 2.05) is 36.4 Å². The van der Waals surface area contributed by atoms with Crippen LogP contribution in [0.3, 0.4) is 0 Å². The molecule has 8 heteroatoms. The Labute approximate surface area is 177 Å². The van der Waals surface area contributed by atoms with Crippen molar-refractivity contribution in [1.29, 1.82) is 0 Å². The van der Waals surface area contributed by atoms with Crippen LogP contribution in [0.1, 0.15) is 6.42 Å². The van der Waals surface area contributed by atoms with Gasteiger partial charge in [0.15, 0.2) is 5.96 Å². The number of nitrogens with one attached hydrogen (secondary N) is 2. The number of benzene rings is 1. The van der Waals surface area contributed by atoms with Gasteiger partial charge in [-0.15, -0.1) is 24.0 Å². The lowest BCUT2D eigenvalue weighted by atomic mass is 10.3. The molecule has 0 aliphatic rings. The number of hydrogen-bond donors (Lipinski definition) is 2. The number of ether oxygens (including phenoxy) is 3. The van der Waals surface area contributed by atoms with Gasteiger partial charge in [0, 0.05) is 45.1 Å². The molecule has 0 aliphatic carbocycles. The van der Waals surface area contributed by atoms with Crippen LogP contribution in [0.4, 0.5) is 5.69 Å². The molecule has 148 valence electrons. The number of hydrogen-bond acceptors (Lipinski definition) is 5. The fourth-order valence-electron chi connectivity index (χ4n) is 2.14. The molecule has 0 saturated carbocycles. The van der Waals surface area contributed by atoms with Gasteiger partial charge in [-0.25, -0.2) is 0 Å². The van der Waals surface area contributed by atoms with Gasteiger partial charge >= 0.3 is 0 Å². The second-order valence-electron chi connectivity index (χ2n) is 5.38. The van der Waals surface area contributed by atoms with Crippen molar-refractivity contribution in [2.24, 2.45) is 4.99 Å². The van der Waals surface area contributed by atoms with Crippen molar-refractivity contribution >= 4 is 35.6 Å². The van der Waals surface area contributed by atoms with Crippen molar-refractivity contribution in [3.8, 4) is 11.5 Å². The minimum atomic E-state index is 0. The zero-order chi connectivity index (χ0) is 18.5. The van der Waals surface area contributed by atoms with Gasteiger partial charge in [0.2, 0.25) is 0 Å². The predicted octanol–water partition coefficient (Wildman–Crippen LogP) is 3.18. The maximum absolute atomic E-state index is 5.71. The molecule has 0 amide bonds. The van der Waals surface area contributed by atoms with Gasteiger partial charge in [0.05, 0.1) is 19.3 Å². The van der Waals surface area contributed by atoms with Crippen LogP contribution in [0, 0.1) is 0 Å². The number of pyridine rings is 1. The molecular weight excluding hydrogens is 459 g/mol. The average molecular weight is 486 g/mol. The van der Waals surface area contributed by atoms with Crippen molar-refractivity contribution in [3.05, 3.63) is 48.8 Å². The number of guanidine groups is 1.